The van der Waals surface area contributed by atoms with Crippen LogP contribution >= 0.6 is 0 Å². The number of fused-ring (bicyclic) bond motifs is 1. The van der Waals surface area contributed by atoms with Gasteiger partial charge in [0.05, 0.1) is 5.60 Å². The van der Waals surface area contributed by atoms with Gasteiger partial charge in [-0.2, -0.15) is 0 Å². The van der Waals surface area contributed by atoms with Crippen molar-refractivity contribution in [1.82, 2.24) is 0 Å². The van der Waals surface area contributed by atoms with Crippen LogP contribution in [0.15, 0.2) is 18.2 Å². The minimum Gasteiger partial charge on any atom is -0.385 e. The second-order valence-electron chi connectivity index (χ2n) is 5.27. The zero-order chi connectivity index (χ0) is 12.5. The molecular weight excluding hydrogens is 212 g/mol. The summed E-state index contributed by atoms with van der Waals surface area (Å²) in [6, 6.07) is 6.43. The Hall–Kier alpha value is -0.860. The summed E-state index contributed by atoms with van der Waals surface area (Å²) in [5.74, 6) is 0.241. The molecule has 0 fully saturated rings. The van der Waals surface area contributed by atoms with Gasteiger partial charge in [0, 0.05) is 13.7 Å². The standard InChI is InChI=1S/C15H22O2/c1-11-4-5-13-6-8-15(16,14(13)10-11)12(2)7-9-17-3/h4-5,10,12,16H,6-9H2,1-3H3. The van der Waals surface area contributed by atoms with Crippen molar-refractivity contribution in [3.63, 3.8) is 0 Å². The number of rotatable bonds is 4. The summed E-state index contributed by atoms with van der Waals surface area (Å²) in [6.07, 6.45) is 2.74. The fourth-order valence-electron chi connectivity index (χ4n) is 2.82. The highest BCUT2D eigenvalue weighted by atomic mass is 16.5. The van der Waals surface area contributed by atoms with Gasteiger partial charge in [-0.25, -0.2) is 0 Å². The Morgan fingerprint density at radius 1 is 1.47 bits per heavy atom. The topological polar surface area (TPSA) is 29.5 Å². The second kappa shape index (κ2) is 4.79. The van der Waals surface area contributed by atoms with Gasteiger partial charge in [0.15, 0.2) is 0 Å². The Labute approximate surface area is 104 Å². The van der Waals surface area contributed by atoms with Crippen molar-refractivity contribution in [2.24, 2.45) is 5.92 Å². The van der Waals surface area contributed by atoms with E-state index in [2.05, 4.69) is 32.0 Å². The van der Waals surface area contributed by atoms with E-state index < -0.39 is 5.60 Å². The molecule has 0 aromatic heterocycles. The van der Waals surface area contributed by atoms with Crippen LogP contribution in [0.4, 0.5) is 0 Å². The highest BCUT2D eigenvalue weighted by molar-refractivity contribution is 5.40. The number of benzene rings is 1. The third kappa shape index (κ3) is 2.24. The van der Waals surface area contributed by atoms with E-state index in [0.29, 0.717) is 6.61 Å². The maximum atomic E-state index is 10.9. The van der Waals surface area contributed by atoms with E-state index in [0.717, 1.165) is 24.8 Å². The van der Waals surface area contributed by atoms with Crippen molar-refractivity contribution < 1.29 is 9.84 Å². The van der Waals surface area contributed by atoms with Crippen LogP contribution in [0.5, 0.6) is 0 Å². The Balaban J connectivity index is 2.26. The van der Waals surface area contributed by atoms with Gasteiger partial charge in [-0.3, -0.25) is 0 Å². The molecule has 94 valence electrons. The Kier molecular flexibility index (Phi) is 3.55. The van der Waals surface area contributed by atoms with Gasteiger partial charge in [-0.15, -0.1) is 0 Å². The van der Waals surface area contributed by atoms with E-state index in [9.17, 15) is 5.11 Å². The van der Waals surface area contributed by atoms with E-state index in [1.807, 2.05) is 0 Å². The van der Waals surface area contributed by atoms with Gasteiger partial charge < -0.3 is 9.84 Å². The molecule has 1 aromatic carbocycles. The molecule has 2 heteroatoms. The zero-order valence-corrected chi connectivity index (χ0v) is 11.0. The van der Waals surface area contributed by atoms with Crippen molar-refractivity contribution in [2.75, 3.05) is 13.7 Å². The van der Waals surface area contributed by atoms with Crippen molar-refractivity contribution in [3.8, 4) is 0 Å². The second-order valence-corrected chi connectivity index (χ2v) is 5.27. The first-order valence-corrected chi connectivity index (χ1v) is 6.39. The fourth-order valence-corrected chi connectivity index (χ4v) is 2.82. The molecule has 2 unspecified atom stereocenters. The quantitative estimate of drug-likeness (QED) is 0.868. The summed E-state index contributed by atoms with van der Waals surface area (Å²) < 4.78 is 5.12. The summed E-state index contributed by atoms with van der Waals surface area (Å²) in [7, 11) is 1.71. The van der Waals surface area contributed by atoms with E-state index in [4.69, 9.17) is 4.74 Å². The van der Waals surface area contributed by atoms with Crippen molar-refractivity contribution in [1.29, 1.82) is 0 Å². The lowest BCUT2D eigenvalue weighted by atomic mass is 9.81. The van der Waals surface area contributed by atoms with E-state index in [-0.39, 0.29) is 5.92 Å². The lowest BCUT2D eigenvalue weighted by Gasteiger charge is -2.31. The predicted molar refractivity (Wildman–Crippen MR) is 69.1 cm³/mol. The molecule has 0 radical (unpaired) electrons. The molecule has 0 amide bonds. The normalized spacial score (nSPS) is 24.7. The molecule has 0 heterocycles. The number of methoxy groups -OCH3 is 1. The largest absolute Gasteiger partial charge is 0.385 e. The Morgan fingerprint density at radius 2 is 2.24 bits per heavy atom. The maximum Gasteiger partial charge on any atom is 0.0928 e. The summed E-state index contributed by atoms with van der Waals surface area (Å²) in [6.45, 7) is 4.92. The van der Waals surface area contributed by atoms with Crippen molar-refractivity contribution in [3.05, 3.63) is 34.9 Å². The van der Waals surface area contributed by atoms with E-state index in [1.54, 1.807) is 7.11 Å². The van der Waals surface area contributed by atoms with Gasteiger partial charge in [0.2, 0.25) is 0 Å². The van der Waals surface area contributed by atoms with Crippen LogP contribution in [0.3, 0.4) is 0 Å². The first-order chi connectivity index (χ1) is 8.08. The molecule has 0 saturated carbocycles. The summed E-state index contributed by atoms with van der Waals surface area (Å²) in [4.78, 5) is 0. The summed E-state index contributed by atoms with van der Waals surface area (Å²) in [5.41, 5.74) is 3.02. The van der Waals surface area contributed by atoms with Gasteiger partial charge in [0.1, 0.15) is 0 Å². The summed E-state index contributed by atoms with van der Waals surface area (Å²) in [5, 5.41) is 10.9. The number of aliphatic hydroxyl groups is 1. The molecule has 1 aliphatic carbocycles. The van der Waals surface area contributed by atoms with Crippen LogP contribution in [-0.2, 0) is 16.8 Å². The van der Waals surface area contributed by atoms with Gasteiger partial charge in [-0.1, -0.05) is 30.7 Å². The maximum absolute atomic E-state index is 10.9. The van der Waals surface area contributed by atoms with Crippen molar-refractivity contribution in [2.45, 2.75) is 38.7 Å². The van der Waals surface area contributed by atoms with E-state index in [1.165, 1.54) is 11.1 Å². The van der Waals surface area contributed by atoms with Gasteiger partial charge >= 0.3 is 0 Å². The average molecular weight is 234 g/mol. The lowest BCUT2D eigenvalue weighted by molar-refractivity contribution is -0.0262. The Morgan fingerprint density at radius 3 is 2.94 bits per heavy atom. The third-order valence-electron chi connectivity index (χ3n) is 4.08. The monoisotopic (exact) mass is 234 g/mol. The molecule has 1 aromatic rings. The van der Waals surface area contributed by atoms with Crippen LogP contribution in [0.2, 0.25) is 0 Å². The van der Waals surface area contributed by atoms with Crippen molar-refractivity contribution >= 4 is 0 Å². The molecule has 0 spiro atoms. The van der Waals surface area contributed by atoms with Crippen LogP contribution in [0, 0.1) is 12.8 Å². The average Bonchev–Trinajstić information content (AvgIpc) is 2.65. The van der Waals surface area contributed by atoms with Crippen LogP contribution in [0.1, 0.15) is 36.5 Å². The number of hydrogen-bond donors (Lipinski definition) is 1. The van der Waals surface area contributed by atoms with Crippen LogP contribution in [0.25, 0.3) is 0 Å². The van der Waals surface area contributed by atoms with Gasteiger partial charge in [0.25, 0.3) is 0 Å². The lowest BCUT2D eigenvalue weighted by Crippen LogP contribution is -2.31. The number of hydrogen-bond acceptors (Lipinski definition) is 2. The van der Waals surface area contributed by atoms with Crippen LogP contribution < -0.4 is 0 Å². The van der Waals surface area contributed by atoms with Crippen LogP contribution in [-0.4, -0.2) is 18.8 Å². The highest BCUT2D eigenvalue weighted by Crippen LogP contribution is 2.43. The molecule has 2 rings (SSSR count). The predicted octanol–water partition coefficient (Wildman–Crippen LogP) is 2.80. The highest BCUT2D eigenvalue weighted by Gasteiger charge is 2.40. The third-order valence-corrected chi connectivity index (χ3v) is 4.08. The molecule has 2 atom stereocenters. The van der Waals surface area contributed by atoms with E-state index >= 15 is 0 Å². The minimum atomic E-state index is -0.653. The number of aryl methyl sites for hydroxylation is 2. The molecule has 0 bridgehead atoms. The molecular formula is C15H22O2. The number of ether oxygens (including phenoxy) is 1. The molecule has 1 aliphatic rings. The zero-order valence-electron chi connectivity index (χ0n) is 11.0. The molecule has 0 aliphatic heterocycles. The first-order valence-electron chi connectivity index (χ1n) is 6.39. The SMILES string of the molecule is COCCC(C)C1(O)CCc2ccc(C)cc21. The molecule has 2 nitrogen and oxygen atoms in total. The minimum absolute atomic E-state index is 0.241. The fraction of sp³-hybridized carbons (Fsp3) is 0.600. The molecule has 0 saturated heterocycles. The molecule has 1 N–H and O–H groups in total. The van der Waals surface area contributed by atoms with Gasteiger partial charge in [-0.05, 0) is 43.2 Å². The summed E-state index contributed by atoms with van der Waals surface area (Å²) >= 11 is 0. The molecule has 17 heavy (non-hydrogen) atoms. The first kappa shape index (κ1) is 12.6. The Bertz CT molecular complexity index is 400. The smallest absolute Gasteiger partial charge is 0.0928 e.